The van der Waals surface area contributed by atoms with Gasteiger partial charge in [0.1, 0.15) is 5.69 Å². The molecule has 2 rings (SSSR count). The van der Waals surface area contributed by atoms with Crippen LogP contribution in [0.5, 0.6) is 0 Å². The molecule has 1 atom stereocenters. The second-order valence-corrected chi connectivity index (χ2v) is 5.90. The summed E-state index contributed by atoms with van der Waals surface area (Å²) in [6, 6.07) is 8.69. The number of hydrogen-bond donors (Lipinski definition) is 2. The lowest BCUT2D eigenvalue weighted by molar-refractivity contribution is 0.0903. The number of para-hydroxylation sites is 1. The van der Waals surface area contributed by atoms with Crippen molar-refractivity contribution in [2.75, 3.05) is 6.61 Å². The molecule has 0 spiro atoms. The van der Waals surface area contributed by atoms with Gasteiger partial charge in [-0.3, -0.25) is 4.79 Å². The monoisotopic (exact) mass is 306 g/mol. The third-order valence-corrected chi connectivity index (χ3v) is 3.52. The Morgan fingerprint density at radius 2 is 2.10 bits per heavy atom. The van der Waals surface area contributed by atoms with Crippen molar-refractivity contribution in [3.05, 3.63) is 41.0 Å². The lowest BCUT2D eigenvalue weighted by atomic mass is 10.0. The highest BCUT2D eigenvalue weighted by Crippen LogP contribution is 2.22. The average Bonchev–Trinajstić information content (AvgIpc) is 2.46. The van der Waals surface area contributed by atoms with Crippen molar-refractivity contribution in [3.8, 4) is 0 Å². The van der Waals surface area contributed by atoms with E-state index in [-0.39, 0.29) is 24.2 Å². The Morgan fingerprint density at radius 3 is 2.76 bits per heavy atom. The van der Waals surface area contributed by atoms with Crippen LogP contribution in [0.2, 0.25) is 5.02 Å². The van der Waals surface area contributed by atoms with Crippen molar-refractivity contribution in [1.29, 1.82) is 0 Å². The number of carbonyl (C=O) groups excluding carboxylic acids is 1. The average molecular weight is 307 g/mol. The number of aromatic nitrogens is 1. The summed E-state index contributed by atoms with van der Waals surface area (Å²) in [6.07, 6.45) is 0.712. The molecule has 0 fully saturated rings. The Morgan fingerprint density at radius 1 is 1.38 bits per heavy atom. The molecule has 0 radical (unpaired) electrons. The molecular weight excluding hydrogens is 288 g/mol. The van der Waals surface area contributed by atoms with E-state index in [0.717, 1.165) is 5.39 Å². The van der Waals surface area contributed by atoms with Crippen LogP contribution < -0.4 is 5.32 Å². The topological polar surface area (TPSA) is 62.2 Å². The second-order valence-electron chi connectivity index (χ2n) is 5.49. The number of rotatable bonds is 5. The lowest BCUT2D eigenvalue weighted by Gasteiger charge is -2.18. The zero-order valence-electron chi connectivity index (χ0n) is 12.1. The first-order valence-corrected chi connectivity index (χ1v) is 7.36. The van der Waals surface area contributed by atoms with Crippen LogP contribution in [0.25, 0.3) is 10.9 Å². The maximum atomic E-state index is 12.2. The summed E-state index contributed by atoms with van der Waals surface area (Å²) in [5, 5.41) is 13.4. The molecule has 2 aromatic rings. The van der Waals surface area contributed by atoms with E-state index < -0.39 is 0 Å². The predicted octanol–water partition coefficient (Wildman–Crippen LogP) is 3.03. The molecule has 4 nitrogen and oxygen atoms in total. The molecule has 0 unspecified atom stereocenters. The summed E-state index contributed by atoms with van der Waals surface area (Å²) < 4.78 is 0. The Balaban J connectivity index is 2.23. The van der Waals surface area contributed by atoms with Crippen molar-refractivity contribution < 1.29 is 9.90 Å². The first-order valence-electron chi connectivity index (χ1n) is 6.98. The molecule has 1 aromatic heterocycles. The largest absolute Gasteiger partial charge is 0.394 e. The van der Waals surface area contributed by atoms with Crippen LogP contribution in [0, 0.1) is 5.92 Å². The molecule has 1 aromatic carbocycles. The molecule has 0 aliphatic rings. The van der Waals surface area contributed by atoms with Gasteiger partial charge in [0.05, 0.1) is 23.2 Å². The van der Waals surface area contributed by atoms with Crippen LogP contribution in [-0.4, -0.2) is 28.6 Å². The number of aliphatic hydroxyl groups excluding tert-OH is 1. The Bertz CT molecular complexity index is 643. The fourth-order valence-corrected chi connectivity index (χ4v) is 2.52. The van der Waals surface area contributed by atoms with Crippen molar-refractivity contribution in [1.82, 2.24) is 10.3 Å². The highest BCUT2D eigenvalue weighted by molar-refractivity contribution is 6.35. The Labute approximate surface area is 129 Å². The van der Waals surface area contributed by atoms with Crippen LogP contribution in [0.15, 0.2) is 30.3 Å². The molecule has 0 aliphatic carbocycles. The second kappa shape index (κ2) is 6.87. The maximum absolute atomic E-state index is 12.2. The number of benzene rings is 1. The summed E-state index contributed by atoms with van der Waals surface area (Å²) in [4.78, 5) is 16.6. The molecule has 1 amide bonds. The summed E-state index contributed by atoms with van der Waals surface area (Å²) in [5.41, 5.74) is 0.945. The Kier molecular flexibility index (Phi) is 5.15. The van der Waals surface area contributed by atoms with Gasteiger partial charge in [-0.15, -0.1) is 0 Å². The van der Waals surface area contributed by atoms with Gasteiger partial charge in [-0.2, -0.15) is 0 Å². The highest BCUT2D eigenvalue weighted by Gasteiger charge is 2.16. The van der Waals surface area contributed by atoms with Crippen LogP contribution in [0.4, 0.5) is 0 Å². The van der Waals surface area contributed by atoms with Crippen LogP contribution >= 0.6 is 11.6 Å². The lowest BCUT2D eigenvalue weighted by Crippen LogP contribution is -2.38. The first kappa shape index (κ1) is 15.7. The van der Waals surface area contributed by atoms with E-state index >= 15 is 0 Å². The number of hydrogen-bond acceptors (Lipinski definition) is 3. The molecule has 0 saturated carbocycles. The minimum Gasteiger partial charge on any atom is -0.394 e. The van der Waals surface area contributed by atoms with E-state index in [9.17, 15) is 9.90 Å². The van der Waals surface area contributed by atoms with E-state index in [1.165, 1.54) is 0 Å². The summed E-state index contributed by atoms with van der Waals surface area (Å²) >= 11 is 6.19. The molecule has 2 N–H and O–H groups in total. The fraction of sp³-hybridized carbons (Fsp3) is 0.375. The first-order chi connectivity index (χ1) is 10.0. The number of nitrogens with one attached hydrogen (secondary N) is 1. The molecule has 21 heavy (non-hydrogen) atoms. The predicted molar refractivity (Wildman–Crippen MR) is 84.5 cm³/mol. The standard InChI is InChI=1S/C16H19ClN2O2/c1-10(2)7-11(9-20)18-16(21)15-8-13(17)12-5-3-4-6-14(12)19-15/h3-6,8,10-11,20H,7,9H2,1-2H3,(H,18,21)/t11-/m1/s1. The third-order valence-electron chi connectivity index (χ3n) is 3.21. The minimum atomic E-state index is -0.317. The SMILES string of the molecule is CC(C)C[C@H](CO)NC(=O)c1cc(Cl)c2ccccc2n1. The van der Waals surface area contributed by atoms with Gasteiger partial charge in [0.15, 0.2) is 0 Å². The van der Waals surface area contributed by atoms with E-state index in [4.69, 9.17) is 11.6 Å². The molecule has 0 bridgehead atoms. The molecular formula is C16H19ClN2O2. The summed E-state index contributed by atoms with van der Waals surface area (Å²) in [6.45, 7) is 3.99. The van der Waals surface area contributed by atoms with E-state index in [1.54, 1.807) is 6.07 Å². The number of aliphatic hydroxyl groups is 1. The van der Waals surface area contributed by atoms with Gasteiger partial charge in [-0.25, -0.2) is 4.98 Å². The summed E-state index contributed by atoms with van der Waals surface area (Å²) in [5.74, 6) is 0.0675. The zero-order valence-corrected chi connectivity index (χ0v) is 12.9. The van der Waals surface area contributed by atoms with E-state index in [0.29, 0.717) is 22.9 Å². The van der Waals surface area contributed by atoms with Gasteiger partial charge < -0.3 is 10.4 Å². The quantitative estimate of drug-likeness (QED) is 0.892. The van der Waals surface area contributed by atoms with Crippen molar-refractivity contribution in [2.24, 2.45) is 5.92 Å². The molecule has 1 heterocycles. The fourth-order valence-electron chi connectivity index (χ4n) is 2.26. The van der Waals surface area contributed by atoms with E-state index in [2.05, 4.69) is 10.3 Å². The molecule has 0 saturated heterocycles. The molecule has 5 heteroatoms. The van der Waals surface area contributed by atoms with Crippen LogP contribution in [0.1, 0.15) is 30.8 Å². The van der Waals surface area contributed by atoms with Crippen LogP contribution in [0.3, 0.4) is 0 Å². The Hall–Kier alpha value is -1.65. The van der Waals surface area contributed by atoms with Crippen LogP contribution in [-0.2, 0) is 0 Å². The van der Waals surface area contributed by atoms with Gasteiger partial charge in [-0.05, 0) is 24.5 Å². The zero-order chi connectivity index (χ0) is 15.4. The van der Waals surface area contributed by atoms with Gasteiger partial charge in [0.25, 0.3) is 5.91 Å². The van der Waals surface area contributed by atoms with E-state index in [1.807, 2.05) is 38.1 Å². The molecule has 112 valence electrons. The van der Waals surface area contributed by atoms with Gasteiger partial charge in [0.2, 0.25) is 0 Å². The summed E-state index contributed by atoms with van der Waals surface area (Å²) in [7, 11) is 0. The van der Waals surface area contributed by atoms with Gasteiger partial charge in [-0.1, -0.05) is 43.6 Å². The van der Waals surface area contributed by atoms with Gasteiger partial charge >= 0.3 is 0 Å². The number of fused-ring (bicyclic) bond motifs is 1. The maximum Gasteiger partial charge on any atom is 0.270 e. The van der Waals surface area contributed by atoms with Crippen molar-refractivity contribution in [3.63, 3.8) is 0 Å². The highest BCUT2D eigenvalue weighted by atomic mass is 35.5. The van der Waals surface area contributed by atoms with Crippen molar-refractivity contribution >= 4 is 28.4 Å². The van der Waals surface area contributed by atoms with Gasteiger partial charge in [0, 0.05) is 5.39 Å². The van der Waals surface area contributed by atoms with Crippen molar-refractivity contribution in [2.45, 2.75) is 26.3 Å². The molecule has 0 aliphatic heterocycles. The third kappa shape index (κ3) is 3.93. The smallest absolute Gasteiger partial charge is 0.270 e. The number of nitrogens with zero attached hydrogens (tertiary/aromatic N) is 1. The number of carbonyl (C=O) groups is 1. The number of pyridine rings is 1. The number of halogens is 1. The number of amides is 1. The minimum absolute atomic E-state index is 0.0920. The normalized spacial score (nSPS) is 12.6.